The second kappa shape index (κ2) is 5.81. The van der Waals surface area contributed by atoms with Gasteiger partial charge in [0.2, 0.25) is 0 Å². The van der Waals surface area contributed by atoms with Gasteiger partial charge in [0.15, 0.2) is 11.5 Å². The number of methoxy groups -OCH3 is 1. The van der Waals surface area contributed by atoms with Gasteiger partial charge in [0.1, 0.15) is 0 Å². The third-order valence-corrected chi connectivity index (χ3v) is 4.18. The van der Waals surface area contributed by atoms with E-state index in [1.54, 1.807) is 13.2 Å². The maximum Gasteiger partial charge on any atom is 0.162 e. The summed E-state index contributed by atoms with van der Waals surface area (Å²) >= 11 is 6.32. The van der Waals surface area contributed by atoms with Crippen LogP contribution in [0, 0.1) is 12.8 Å². The molecule has 18 heavy (non-hydrogen) atoms. The lowest BCUT2D eigenvalue weighted by atomic mass is 9.90. The topological polar surface area (TPSA) is 41.5 Å². The summed E-state index contributed by atoms with van der Waals surface area (Å²) in [7, 11) is 1.57. The van der Waals surface area contributed by atoms with E-state index in [1.165, 1.54) is 0 Å². The highest BCUT2D eigenvalue weighted by atomic mass is 35.5. The first-order valence-corrected chi connectivity index (χ1v) is 6.77. The summed E-state index contributed by atoms with van der Waals surface area (Å²) in [5, 5.41) is 14.2. The molecule has 3 nitrogen and oxygen atoms in total. The summed E-state index contributed by atoms with van der Waals surface area (Å²) in [6.07, 6.45) is 3.09. The van der Waals surface area contributed by atoms with Crippen molar-refractivity contribution < 1.29 is 9.84 Å². The monoisotopic (exact) mass is 269 g/mol. The zero-order valence-corrected chi connectivity index (χ0v) is 11.7. The lowest BCUT2D eigenvalue weighted by Gasteiger charge is -2.24. The predicted molar refractivity (Wildman–Crippen MR) is 73.7 cm³/mol. The van der Waals surface area contributed by atoms with Gasteiger partial charge in [-0.1, -0.05) is 11.6 Å². The van der Waals surface area contributed by atoms with Gasteiger partial charge in [0.25, 0.3) is 0 Å². The van der Waals surface area contributed by atoms with Gasteiger partial charge in [-0.05, 0) is 56.8 Å². The Morgan fingerprint density at radius 1 is 1.44 bits per heavy atom. The van der Waals surface area contributed by atoms with Crippen molar-refractivity contribution in [1.29, 1.82) is 0 Å². The number of aryl methyl sites for hydroxylation is 1. The summed E-state index contributed by atoms with van der Waals surface area (Å²) < 4.78 is 5.19. The number of rotatable bonds is 3. The molecule has 0 spiro atoms. The number of nitrogens with one attached hydrogen (secondary N) is 1. The number of phenols is 1. The molecule has 0 saturated carbocycles. The summed E-state index contributed by atoms with van der Waals surface area (Å²) in [5.74, 6) is 1.30. The Kier molecular flexibility index (Phi) is 4.36. The number of halogens is 1. The van der Waals surface area contributed by atoms with Crippen molar-refractivity contribution in [3.8, 4) is 11.5 Å². The molecule has 1 heterocycles. The van der Waals surface area contributed by atoms with Gasteiger partial charge in [-0.2, -0.15) is 0 Å². The maximum atomic E-state index is 10.2. The molecule has 0 aliphatic carbocycles. The quantitative estimate of drug-likeness (QED) is 0.887. The van der Waals surface area contributed by atoms with E-state index < -0.39 is 0 Å². The third-order valence-electron chi connectivity index (χ3n) is 3.65. The molecule has 1 fully saturated rings. The van der Waals surface area contributed by atoms with E-state index in [1.807, 2.05) is 6.92 Å². The zero-order chi connectivity index (χ0) is 13.1. The Bertz CT molecular complexity index is 428. The van der Waals surface area contributed by atoms with Crippen molar-refractivity contribution in [2.24, 2.45) is 5.92 Å². The highest BCUT2D eigenvalue weighted by Crippen LogP contribution is 2.39. The molecular weight excluding hydrogens is 250 g/mol. The molecule has 2 rings (SSSR count). The largest absolute Gasteiger partial charge is 0.504 e. The van der Waals surface area contributed by atoms with Crippen LogP contribution in [-0.2, 0) is 6.42 Å². The van der Waals surface area contributed by atoms with E-state index in [0.29, 0.717) is 16.7 Å². The van der Waals surface area contributed by atoms with Gasteiger partial charge in [0.05, 0.1) is 12.1 Å². The van der Waals surface area contributed by atoms with Crippen molar-refractivity contribution >= 4 is 11.6 Å². The number of ether oxygens (including phenoxy) is 1. The minimum atomic E-state index is 0.201. The number of aromatic hydroxyl groups is 1. The van der Waals surface area contributed by atoms with Crippen LogP contribution in [0.1, 0.15) is 24.0 Å². The molecule has 1 aliphatic rings. The minimum Gasteiger partial charge on any atom is -0.504 e. The Morgan fingerprint density at radius 3 is 2.72 bits per heavy atom. The van der Waals surface area contributed by atoms with E-state index in [2.05, 4.69) is 5.32 Å². The molecule has 0 bridgehead atoms. The van der Waals surface area contributed by atoms with E-state index in [4.69, 9.17) is 16.3 Å². The fourth-order valence-corrected chi connectivity index (χ4v) is 2.76. The molecule has 2 N–H and O–H groups in total. The van der Waals surface area contributed by atoms with Crippen molar-refractivity contribution in [3.05, 3.63) is 22.2 Å². The van der Waals surface area contributed by atoms with E-state index in [-0.39, 0.29) is 5.75 Å². The van der Waals surface area contributed by atoms with Crippen LogP contribution >= 0.6 is 11.6 Å². The van der Waals surface area contributed by atoms with Crippen LogP contribution in [0.4, 0.5) is 0 Å². The van der Waals surface area contributed by atoms with Gasteiger partial charge in [0, 0.05) is 5.56 Å². The maximum absolute atomic E-state index is 10.2. The summed E-state index contributed by atoms with van der Waals surface area (Å²) in [5.41, 5.74) is 1.79. The average molecular weight is 270 g/mol. The van der Waals surface area contributed by atoms with Crippen LogP contribution in [0.3, 0.4) is 0 Å². The van der Waals surface area contributed by atoms with Crippen molar-refractivity contribution in [2.45, 2.75) is 26.2 Å². The Morgan fingerprint density at radius 2 is 2.11 bits per heavy atom. The van der Waals surface area contributed by atoms with Gasteiger partial charge < -0.3 is 15.2 Å². The van der Waals surface area contributed by atoms with Crippen LogP contribution < -0.4 is 10.1 Å². The van der Waals surface area contributed by atoms with Crippen LogP contribution in [0.25, 0.3) is 0 Å². The Balaban J connectivity index is 2.27. The van der Waals surface area contributed by atoms with Gasteiger partial charge >= 0.3 is 0 Å². The lowest BCUT2D eigenvalue weighted by Crippen LogP contribution is -2.28. The lowest BCUT2D eigenvalue weighted by molar-refractivity contribution is 0.352. The minimum absolute atomic E-state index is 0.201. The highest BCUT2D eigenvalue weighted by molar-refractivity contribution is 6.32. The number of phenolic OH excluding ortho intramolecular Hbond substituents is 1. The molecule has 1 aromatic rings. The molecular formula is C14H20ClNO2. The van der Waals surface area contributed by atoms with E-state index >= 15 is 0 Å². The average Bonchev–Trinajstić information content (AvgIpc) is 2.40. The van der Waals surface area contributed by atoms with Gasteiger partial charge in [-0.15, -0.1) is 0 Å². The first kappa shape index (κ1) is 13.5. The summed E-state index contributed by atoms with van der Waals surface area (Å²) in [4.78, 5) is 0. The normalized spacial score (nSPS) is 16.8. The molecule has 1 saturated heterocycles. The first-order chi connectivity index (χ1) is 8.63. The molecule has 0 radical (unpaired) electrons. The van der Waals surface area contributed by atoms with Crippen LogP contribution in [0.15, 0.2) is 6.07 Å². The van der Waals surface area contributed by atoms with Gasteiger partial charge in [-0.3, -0.25) is 0 Å². The van der Waals surface area contributed by atoms with E-state index in [9.17, 15) is 5.11 Å². The highest BCUT2D eigenvalue weighted by Gasteiger charge is 2.20. The molecule has 0 amide bonds. The fraction of sp³-hybridized carbons (Fsp3) is 0.571. The fourth-order valence-electron chi connectivity index (χ4n) is 2.54. The zero-order valence-electron chi connectivity index (χ0n) is 10.9. The predicted octanol–water partition coefficient (Wildman–Crippen LogP) is 2.90. The summed E-state index contributed by atoms with van der Waals surface area (Å²) in [6, 6.07) is 1.78. The van der Waals surface area contributed by atoms with Crippen LogP contribution in [0.5, 0.6) is 11.5 Å². The molecule has 4 heteroatoms. The van der Waals surface area contributed by atoms with Crippen molar-refractivity contribution in [2.75, 3.05) is 20.2 Å². The van der Waals surface area contributed by atoms with Crippen LogP contribution in [0.2, 0.25) is 5.02 Å². The smallest absolute Gasteiger partial charge is 0.162 e. The molecule has 1 aromatic carbocycles. The van der Waals surface area contributed by atoms with Gasteiger partial charge in [-0.25, -0.2) is 0 Å². The number of benzene rings is 1. The SMILES string of the molecule is COc1cc(C)c(Cl)c(CC2CCNCC2)c1O. The van der Waals surface area contributed by atoms with E-state index in [0.717, 1.165) is 43.5 Å². The third kappa shape index (κ3) is 2.73. The molecule has 1 aliphatic heterocycles. The molecule has 100 valence electrons. The number of hydrogen-bond donors (Lipinski definition) is 2. The second-order valence-electron chi connectivity index (χ2n) is 4.93. The molecule has 0 unspecified atom stereocenters. The molecule has 0 aromatic heterocycles. The molecule has 0 atom stereocenters. The standard InChI is InChI=1S/C14H20ClNO2/c1-9-7-12(18-2)14(17)11(13(9)15)8-10-3-5-16-6-4-10/h7,10,16-17H,3-6,8H2,1-2H3. The van der Waals surface area contributed by atoms with Crippen molar-refractivity contribution in [1.82, 2.24) is 5.32 Å². The second-order valence-corrected chi connectivity index (χ2v) is 5.31. The van der Waals surface area contributed by atoms with Crippen LogP contribution in [-0.4, -0.2) is 25.3 Å². The summed E-state index contributed by atoms with van der Waals surface area (Å²) in [6.45, 7) is 4.04. The Labute approximate surface area is 113 Å². The first-order valence-electron chi connectivity index (χ1n) is 6.39. The van der Waals surface area contributed by atoms with Crippen molar-refractivity contribution in [3.63, 3.8) is 0 Å². The number of piperidine rings is 1. The Hall–Kier alpha value is -0.930. The number of hydrogen-bond acceptors (Lipinski definition) is 3.